The number of nitrogens with one attached hydrogen (secondary N) is 2. The fourth-order valence-corrected chi connectivity index (χ4v) is 5.30. The van der Waals surface area contributed by atoms with Gasteiger partial charge in [0.2, 0.25) is 5.91 Å². The molecule has 0 saturated heterocycles. The quantitative estimate of drug-likeness (QED) is 0.312. The van der Waals surface area contributed by atoms with Crippen LogP contribution in [0.3, 0.4) is 0 Å². The van der Waals surface area contributed by atoms with Gasteiger partial charge in [0.15, 0.2) is 0 Å². The number of aryl methyl sites for hydroxylation is 1. The molecule has 0 aliphatic heterocycles. The lowest BCUT2D eigenvalue weighted by molar-refractivity contribution is -0.115. The fraction of sp³-hybridized carbons (Fsp3) is 0.0769. The Bertz CT molecular complexity index is 1340. The Labute approximate surface area is 203 Å². The summed E-state index contributed by atoms with van der Waals surface area (Å²) in [5.41, 5.74) is 2.97. The predicted molar refractivity (Wildman–Crippen MR) is 136 cm³/mol. The van der Waals surface area contributed by atoms with E-state index in [-0.39, 0.29) is 10.8 Å². The Hall–Kier alpha value is -3.62. The zero-order valence-electron chi connectivity index (χ0n) is 18.4. The molecule has 0 bridgehead atoms. The van der Waals surface area contributed by atoms with Crippen molar-refractivity contribution in [3.05, 3.63) is 115 Å². The highest BCUT2D eigenvalue weighted by Crippen LogP contribution is 2.36. The fourth-order valence-electron chi connectivity index (χ4n) is 3.21. The van der Waals surface area contributed by atoms with Crippen molar-refractivity contribution in [2.45, 2.75) is 22.0 Å². The number of aromatic nitrogens is 1. The van der Waals surface area contributed by atoms with Crippen LogP contribution in [0.2, 0.25) is 0 Å². The molecule has 1 atom stereocenters. The van der Waals surface area contributed by atoms with Gasteiger partial charge in [0.1, 0.15) is 5.25 Å². The molecule has 0 aliphatic carbocycles. The summed E-state index contributed by atoms with van der Waals surface area (Å²) >= 11 is 1.39. The first-order valence-electron chi connectivity index (χ1n) is 10.5. The lowest BCUT2D eigenvalue weighted by Gasteiger charge is -2.17. The van der Waals surface area contributed by atoms with E-state index < -0.39 is 15.3 Å². The topological polar surface area (TPSA) is 88.2 Å². The average Bonchev–Trinajstić information content (AvgIpc) is 2.85. The normalized spacial score (nSPS) is 12.0. The largest absolute Gasteiger partial charge is 0.325 e. The highest BCUT2D eigenvalue weighted by atomic mass is 32.2. The number of amides is 1. The van der Waals surface area contributed by atoms with Crippen LogP contribution < -0.4 is 10.0 Å². The summed E-state index contributed by atoms with van der Waals surface area (Å²) in [6.45, 7) is 1.90. The molecule has 2 N–H and O–H groups in total. The van der Waals surface area contributed by atoms with Crippen LogP contribution in [0, 0.1) is 6.92 Å². The number of rotatable bonds is 8. The Balaban J connectivity index is 1.50. The monoisotopic (exact) mass is 489 g/mol. The molecule has 0 radical (unpaired) electrons. The van der Waals surface area contributed by atoms with E-state index in [9.17, 15) is 13.2 Å². The first-order chi connectivity index (χ1) is 16.4. The standard InChI is InChI=1S/C26H23N3O3S2/c1-19-7-13-24(14-8-19)34(31,32)29-22-9-11-23(12-10-22)33-25(20-5-3-2-4-6-20)26(30)28-21-15-17-27-18-16-21/h2-18,25,29H,1H3,(H,27,28,30). The van der Waals surface area contributed by atoms with E-state index in [1.54, 1.807) is 73.1 Å². The number of benzene rings is 3. The van der Waals surface area contributed by atoms with Gasteiger partial charge in [-0.3, -0.25) is 14.5 Å². The number of hydrogen-bond acceptors (Lipinski definition) is 5. The van der Waals surface area contributed by atoms with Crippen molar-refractivity contribution < 1.29 is 13.2 Å². The van der Waals surface area contributed by atoms with E-state index in [0.717, 1.165) is 16.0 Å². The third kappa shape index (κ3) is 6.03. The van der Waals surface area contributed by atoms with Gasteiger partial charge in [-0.1, -0.05) is 48.0 Å². The molecule has 3 aromatic carbocycles. The summed E-state index contributed by atoms with van der Waals surface area (Å²) < 4.78 is 27.9. The van der Waals surface area contributed by atoms with Gasteiger partial charge in [0.25, 0.3) is 10.0 Å². The molecule has 0 saturated carbocycles. The molecule has 1 amide bonds. The second-order valence-corrected chi connectivity index (χ2v) is 10.4. The van der Waals surface area contributed by atoms with Gasteiger partial charge in [-0.25, -0.2) is 8.42 Å². The second kappa shape index (κ2) is 10.5. The summed E-state index contributed by atoms with van der Waals surface area (Å²) in [7, 11) is -3.68. The molecule has 1 unspecified atom stereocenters. The van der Waals surface area contributed by atoms with Crippen molar-refractivity contribution in [2.24, 2.45) is 0 Å². The van der Waals surface area contributed by atoms with Gasteiger partial charge in [0.05, 0.1) is 4.90 Å². The number of nitrogens with zero attached hydrogens (tertiary/aromatic N) is 1. The average molecular weight is 490 g/mol. The van der Waals surface area contributed by atoms with Gasteiger partial charge < -0.3 is 5.32 Å². The molecule has 0 aliphatic rings. The Morgan fingerprint density at radius 3 is 2.12 bits per heavy atom. The molecular weight excluding hydrogens is 466 g/mol. The second-order valence-electron chi connectivity index (χ2n) is 7.58. The Morgan fingerprint density at radius 1 is 0.824 bits per heavy atom. The van der Waals surface area contributed by atoms with Gasteiger partial charge >= 0.3 is 0 Å². The number of sulfonamides is 1. The van der Waals surface area contributed by atoms with E-state index in [0.29, 0.717) is 11.4 Å². The van der Waals surface area contributed by atoms with Crippen LogP contribution in [0.15, 0.2) is 113 Å². The molecule has 4 rings (SSSR count). The van der Waals surface area contributed by atoms with Crippen LogP contribution in [0.1, 0.15) is 16.4 Å². The van der Waals surface area contributed by atoms with Gasteiger partial charge in [-0.05, 0) is 61.0 Å². The first kappa shape index (κ1) is 23.5. The molecule has 0 fully saturated rings. The minimum atomic E-state index is -3.68. The maximum atomic E-state index is 13.1. The molecular formula is C26H23N3O3S2. The molecule has 1 aromatic heterocycles. The highest BCUT2D eigenvalue weighted by molar-refractivity contribution is 8.00. The predicted octanol–water partition coefficient (Wildman–Crippen LogP) is 5.66. The SMILES string of the molecule is Cc1ccc(S(=O)(=O)Nc2ccc(SC(C(=O)Nc3ccncc3)c3ccccc3)cc2)cc1. The van der Waals surface area contributed by atoms with E-state index >= 15 is 0 Å². The number of carbonyl (C=O) groups excluding carboxylic acids is 1. The molecule has 1 heterocycles. The summed E-state index contributed by atoms with van der Waals surface area (Å²) in [5, 5.41) is 2.44. The summed E-state index contributed by atoms with van der Waals surface area (Å²) in [6.07, 6.45) is 3.24. The van der Waals surface area contributed by atoms with Crippen LogP contribution >= 0.6 is 11.8 Å². The van der Waals surface area contributed by atoms with Crippen molar-refractivity contribution >= 4 is 39.1 Å². The van der Waals surface area contributed by atoms with E-state index in [4.69, 9.17) is 0 Å². The van der Waals surface area contributed by atoms with Crippen molar-refractivity contribution in [2.75, 3.05) is 10.0 Å². The van der Waals surface area contributed by atoms with E-state index in [1.807, 2.05) is 37.3 Å². The van der Waals surface area contributed by atoms with Gasteiger partial charge in [-0.2, -0.15) is 0 Å². The Kier molecular flexibility index (Phi) is 7.30. The maximum Gasteiger partial charge on any atom is 0.261 e. The van der Waals surface area contributed by atoms with Crippen molar-refractivity contribution in [3.63, 3.8) is 0 Å². The lowest BCUT2D eigenvalue weighted by Crippen LogP contribution is -2.19. The van der Waals surface area contributed by atoms with Crippen LogP contribution in [-0.2, 0) is 14.8 Å². The van der Waals surface area contributed by atoms with Crippen molar-refractivity contribution in [1.82, 2.24) is 4.98 Å². The minimum absolute atomic E-state index is 0.161. The molecule has 8 heteroatoms. The molecule has 172 valence electrons. The number of pyridine rings is 1. The van der Waals surface area contributed by atoms with E-state index in [2.05, 4.69) is 15.0 Å². The molecule has 4 aromatic rings. The number of carbonyl (C=O) groups is 1. The van der Waals surface area contributed by atoms with Gasteiger partial charge in [-0.15, -0.1) is 11.8 Å². The van der Waals surface area contributed by atoms with Crippen molar-refractivity contribution in [1.29, 1.82) is 0 Å². The molecule has 0 spiro atoms. The molecule has 34 heavy (non-hydrogen) atoms. The van der Waals surface area contributed by atoms with Crippen LogP contribution in [0.25, 0.3) is 0 Å². The minimum Gasteiger partial charge on any atom is -0.325 e. The smallest absolute Gasteiger partial charge is 0.261 e. The van der Waals surface area contributed by atoms with Gasteiger partial charge in [0, 0.05) is 28.7 Å². The highest BCUT2D eigenvalue weighted by Gasteiger charge is 2.22. The van der Waals surface area contributed by atoms with Crippen molar-refractivity contribution in [3.8, 4) is 0 Å². The third-order valence-corrected chi connectivity index (χ3v) is 7.64. The zero-order chi connectivity index (χ0) is 24.0. The summed E-state index contributed by atoms with van der Waals surface area (Å²) in [4.78, 5) is 18.1. The third-order valence-electron chi connectivity index (χ3n) is 4.98. The summed E-state index contributed by atoms with van der Waals surface area (Å²) in [6, 6.07) is 26.6. The maximum absolute atomic E-state index is 13.1. The molecule has 6 nitrogen and oxygen atoms in total. The zero-order valence-corrected chi connectivity index (χ0v) is 20.0. The Morgan fingerprint density at radius 2 is 1.47 bits per heavy atom. The van der Waals surface area contributed by atoms with Crippen LogP contribution in [0.5, 0.6) is 0 Å². The number of anilines is 2. The summed E-state index contributed by atoms with van der Waals surface area (Å²) in [5.74, 6) is -0.161. The number of thioether (sulfide) groups is 1. The number of hydrogen-bond donors (Lipinski definition) is 2. The first-order valence-corrected chi connectivity index (χ1v) is 12.9. The lowest BCUT2D eigenvalue weighted by atomic mass is 10.1. The van der Waals surface area contributed by atoms with E-state index in [1.165, 1.54) is 11.8 Å². The van der Waals surface area contributed by atoms with Crippen LogP contribution in [0.4, 0.5) is 11.4 Å². The van der Waals surface area contributed by atoms with Crippen LogP contribution in [-0.4, -0.2) is 19.3 Å².